The first kappa shape index (κ1) is 13.1. The van der Waals surface area contributed by atoms with Gasteiger partial charge in [0.1, 0.15) is 0 Å². The lowest BCUT2D eigenvalue weighted by Gasteiger charge is -2.00. The van der Waals surface area contributed by atoms with E-state index in [1.807, 2.05) is 0 Å². The molecule has 1 unspecified atom stereocenters. The summed E-state index contributed by atoms with van der Waals surface area (Å²) in [5, 5.41) is 10.8. The maximum Gasteiger partial charge on any atom is 0.304 e. The highest BCUT2D eigenvalue weighted by Gasteiger charge is 2.05. The Labute approximate surface area is 85.3 Å². The van der Waals surface area contributed by atoms with Crippen molar-refractivity contribution in [3.05, 3.63) is 0 Å². The SMILES string of the molecule is CNC(=O)CCCS(=O)CCC(=O)O. The fourth-order valence-corrected chi connectivity index (χ4v) is 1.89. The second kappa shape index (κ2) is 7.49. The first-order valence-corrected chi connectivity index (χ1v) is 5.82. The summed E-state index contributed by atoms with van der Waals surface area (Å²) in [7, 11) is 0.426. The molecule has 1 amide bonds. The van der Waals surface area contributed by atoms with Crippen LogP contribution in [0.4, 0.5) is 0 Å². The fraction of sp³-hybridized carbons (Fsp3) is 0.750. The average Bonchev–Trinajstić information content (AvgIpc) is 2.14. The van der Waals surface area contributed by atoms with Crippen LogP contribution < -0.4 is 5.32 Å². The molecule has 0 saturated heterocycles. The summed E-state index contributed by atoms with van der Waals surface area (Å²) in [6.45, 7) is 0. The van der Waals surface area contributed by atoms with Gasteiger partial charge in [-0.15, -0.1) is 0 Å². The van der Waals surface area contributed by atoms with Crippen molar-refractivity contribution in [2.75, 3.05) is 18.6 Å². The maximum atomic E-state index is 11.1. The van der Waals surface area contributed by atoms with Gasteiger partial charge in [0.2, 0.25) is 5.91 Å². The largest absolute Gasteiger partial charge is 0.481 e. The summed E-state index contributed by atoms with van der Waals surface area (Å²) in [6.07, 6.45) is 0.799. The summed E-state index contributed by atoms with van der Waals surface area (Å²) < 4.78 is 11.1. The number of hydrogen-bond donors (Lipinski definition) is 2. The molecule has 0 spiro atoms. The highest BCUT2D eigenvalue weighted by atomic mass is 32.2. The zero-order chi connectivity index (χ0) is 11.0. The Morgan fingerprint density at radius 3 is 2.43 bits per heavy atom. The van der Waals surface area contributed by atoms with Gasteiger partial charge < -0.3 is 10.4 Å². The first-order chi connectivity index (χ1) is 6.56. The van der Waals surface area contributed by atoms with Crippen LogP contribution in [0.1, 0.15) is 19.3 Å². The molecule has 0 saturated carbocycles. The molecule has 1 atom stereocenters. The monoisotopic (exact) mass is 221 g/mol. The Kier molecular flexibility index (Phi) is 7.00. The van der Waals surface area contributed by atoms with Crippen molar-refractivity contribution in [1.82, 2.24) is 5.32 Å². The van der Waals surface area contributed by atoms with E-state index >= 15 is 0 Å². The van der Waals surface area contributed by atoms with Crippen LogP contribution in [0.15, 0.2) is 0 Å². The van der Waals surface area contributed by atoms with Gasteiger partial charge in [-0.1, -0.05) is 0 Å². The standard InChI is InChI=1S/C8H15NO4S/c1-9-7(10)3-2-5-14(13)6-4-8(11)12/h2-6H2,1H3,(H,9,10)(H,11,12). The van der Waals surface area contributed by atoms with Crippen molar-refractivity contribution >= 4 is 22.7 Å². The zero-order valence-electron chi connectivity index (χ0n) is 8.12. The molecule has 0 aliphatic carbocycles. The van der Waals surface area contributed by atoms with Crippen molar-refractivity contribution in [3.8, 4) is 0 Å². The van der Waals surface area contributed by atoms with Crippen LogP contribution in [0, 0.1) is 0 Å². The van der Waals surface area contributed by atoms with E-state index < -0.39 is 16.8 Å². The van der Waals surface area contributed by atoms with Crippen molar-refractivity contribution < 1.29 is 18.9 Å². The smallest absolute Gasteiger partial charge is 0.304 e. The highest BCUT2D eigenvalue weighted by molar-refractivity contribution is 7.84. The first-order valence-electron chi connectivity index (χ1n) is 4.33. The molecule has 5 nitrogen and oxygen atoms in total. The Bertz CT molecular complexity index is 229. The Hall–Kier alpha value is -0.910. The van der Waals surface area contributed by atoms with Gasteiger partial charge in [0.25, 0.3) is 0 Å². The molecule has 0 rings (SSSR count). The predicted molar refractivity (Wildman–Crippen MR) is 53.4 cm³/mol. The number of rotatable bonds is 7. The third kappa shape index (κ3) is 7.72. The summed E-state index contributed by atoms with van der Waals surface area (Å²) in [5.74, 6) is -0.464. The minimum Gasteiger partial charge on any atom is -0.481 e. The highest BCUT2D eigenvalue weighted by Crippen LogP contribution is 1.95. The Morgan fingerprint density at radius 1 is 1.29 bits per heavy atom. The lowest BCUT2D eigenvalue weighted by atomic mass is 10.3. The summed E-state index contributed by atoms with van der Waals surface area (Å²) in [6, 6.07) is 0. The van der Waals surface area contributed by atoms with E-state index in [9.17, 15) is 13.8 Å². The molecule has 0 bridgehead atoms. The molecular weight excluding hydrogens is 206 g/mol. The van der Waals surface area contributed by atoms with Crippen LogP contribution >= 0.6 is 0 Å². The van der Waals surface area contributed by atoms with E-state index in [2.05, 4.69) is 5.32 Å². The van der Waals surface area contributed by atoms with Crippen molar-refractivity contribution in [1.29, 1.82) is 0 Å². The molecule has 2 N–H and O–H groups in total. The molecule has 0 aromatic heterocycles. The zero-order valence-corrected chi connectivity index (χ0v) is 8.93. The van der Waals surface area contributed by atoms with Crippen molar-refractivity contribution in [3.63, 3.8) is 0 Å². The van der Waals surface area contributed by atoms with E-state index in [0.29, 0.717) is 18.6 Å². The third-order valence-corrected chi connectivity index (χ3v) is 3.00. The normalized spacial score (nSPS) is 12.1. The number of carboxylic acids is 1. The molecule has 0 aromatic carbocycles. The van der Waals surface area contributed by atoms with Crippen molar-refractivity contribution in [2.45, 2.75) is 19.3 Å². The molecule has 0 fully saturated rings. The molecule has 0 aromatic rings. The van der Waals surface area contributed by atoms with Gasteiger partial charge in [0, 0.05) is 35.8 Å². The molecule has 14 heavy (non-hydrogen) atoms. The van der Waals surface area contributed by atoms with E-state index in [1.54, 1.807) is 7.05 Å². The number of aliphatic carboxylic acids is 1. The summed E-state index contributed by atoms with van der Waals surface area (Å²) >= 11 is 0. The topological polar surface area (TPSA) is 83.5 Å². The second-order valence-electron chi connectivity index (χ2n) is 2.77. The third-order valence-electron chi connectivity index (χ3n) is 1.60. The van der Waals surface area contributed by atoms with E-state index in [-0.39, 0.29) is 18.1 Å². The number of carboxylic acid groups (broad SMARTS) is 1. The van der Waals surface area contributed by atoms with Crippen molar-refractivity contribution in [2.24, 2.45) is 0 Å². The number of carbonyl (C=O) groups is 2. The summed E-state index contributed by atoms with van der Waals surface area (Å²) in [4.78, 5) is 20.9. The van der Waals surface area contributed by atoms with E-state index in [4.69, 9.17) is 5.11 Å². The van der Waals surface area contributed by atoms with Crippen LogP contribution in [0.3, 0.4) is 0 Å². The minimum atomic E-state index is -1.12. The van der Waals surface area contributed by atoms with Crippen LogP contribution in [0.2, 0.25) is 0 Å². The second-order valence-corrected chi connectivity index (χ2v) is 4.46. The van der Waals surface area contributed by atoms with Crippen LogP contribution in [-0.4, -0.2) is 39.7 Å². The Balaban J connectivity index is 3.45. The minimum absolute atomic E-state index is 0.0768. The number of hydrogen-bond acceptors (Lipinski definition) is 3. The van der Waals surface area contributed by atoms with E-state index in [1.165, 1.54) is 0 Å². The lowest BCUT2D eigenvalue weighted by Crippen LogP contribution is -2.18. The van der Waals surface area contributed by atoms with Gasteiger partial charge in [-0.3, -0.25) is 13.8 Å². The van der Waals surface area contributed by atoms with E-state index in [0.717, 1.165) is 0 Å². The fourth-order valence-electron chi connectivity index (χ4n) is 0.822. The molecular formula is C8H15NO4S. The van der Waals surface area contributed by atoms with Crippen LogP contribution in [-0.2, 0) is 20.4 Å². The number of amides is 1. The lowest BCUT2D eigenvalue weighted by molar-refractivity contribution is -0.136. The summed E-state index contributed by atoms with van der Waals surface area (Å²) in [5.41, 5.74) is 0. The number of carbonyl (C=O) groups excluding carboxylic acids is 1. The van der Waals surface area contributed by atoms with Gasteiger partial charge in [-0.05, 0) is 6.42 Å². The maximum absolute atomic E-state index is 11.1. The quantitative estimate of drug-likeness (QED) is 0.620. The van der Waals surface area contributed by atoms with Crippen LogP contribution in [0.5, 0.6) is 0 Å². The molecule has 0 aliphatic heterocycles. The average molecular weight is 221 g/mol. The van der Waals surface area contributed by atoms with Gasteiger partial charge in [-0.2, -0.15) is 0 Å². The molecule has 0 radical (unpaired) electrons. The predicted octanol–water partition coefficient (Wildman–Crippen LogP) is -0.264. The Morgan fingerprint density at radius 2 is 1.93 bits per heavy atom. The molecule has 0 heterocycles. The van der Waals surface area contributed by atoms with Crippen LogP contribution in [0.25, 0.3) is 0 Å². The van der Waals surface area contributed by atoms with Gasteiger partial charge in [0.05, 0.1) is 6.42 Å². The molecule has 82 valence electrons. The van der Waals surface area contributed by atoms with Gasteiger partial charge >= 0.3 is 5.97 Å². The molecule has 0 aliphatic rings. The van der Waals surface area contributed by atoms with Gasteiger partial charge in [0.15, 0.2) is 0 Å². The van der Waals surface area contributed by atoms with Gasteiger partial charge in [-0.25, -0.2) is 0 Å². The molecule has 6 heteroatoms. The number of nitrogens with one attached hydrogen (secondary N) is 1.